The van der Waals surface area contributed by atoms with E-state index < -0.39 is 11.8 Å². The van der Waals surface area contributed by atoms with Crippen LogP contribution in [0.3, 0.4) is 0 Å². The fourth-order valence-electron chi connectivity index (χ4n) is 2.16. The third-order valence-electron chi connectivity index (χ3n) is 3.74. The summed E-state index contributed by atoms with van der Waals surface area (Å²) in [4.78, 5) is 35.3. The first kappa shape index (κ1) is 21.1. The molecule has 2 aromatic rings. The van der Waals surface area contributed by atoms with E-state index >= 15 is 0 Å². The zero-order valence-electron chi connectivity index (χ0n) is 15.1. The van der Waals surface area contributed by atoms with E-state index in [1.807, 2.05) is 0 Å². The first-order valence-electron chi connectivity index (χ1n) is 8.42. The molecule has 3 amide bonds. The largest absolute Gasteiger partial charge is 0.326 e. The van der Waals surface area contributed by atoms with Crippen molar-refractivity contribution in [3.8, 4) is 0 Å². The van der Waals surface area contributed by atoms with Gasteiger partial charge < -0.3 is 5.32 Å². The van der Waals surface area contributed by atoms with Crippen molar-refractivity contribution in [1.29, 1.82) is 0 Å². The number of carbonyl (C=O) groups is 3. The molecular weight excluding hydrogens is 385 g/mol. The van der Waals surface area contributed by atoms with Crippen LogP contribution in [0.5, 0.6) is 0 Å². The summed E-state index contributed by atoms with van der Waals surface area (Å²) in [6, 6.07) is 10.7. The minimum absolute atomic E-state index is 0.0565. The van der Waals surface area contributed by atoms with Crippen LogP contribution in [0.1, 0.15) is 24.0 Å². The highest BCUT2D eigenvalue weighted by atomic mass is 35.5. The second kappa shape index (κ2) is 10.2. The zero-order valence-corrected chi connectivity index (χ0v) is 15.8. The van der Waals surface area contributed by atoms with Crippen molar-refractivity contribution in [2.75, 3.05) is 5.32 Å². The molecule has 0 aliphatic rings. The lowest BCUT2D eigenvalue weighted by Gasteiger charge is -2.09. The van der Waals surface area contributed by atoms with Crippen LogP contribution in [-0.2, 0) is 14.4 Å². The smallest absolute Gasteiger partial charge is 0.262 e. The summed E-state index contributed by atoms with van der Waals surface area (Å²) in [6.07, 6.45) is 2.51. The summed E-state index contributed by atoms with van der Waals surface area (Å²) in [7, 11) is 0. The number of benzene rings is 2. The topological polar surface area (TPSA) is 87.3 Å². The number of anilines is 1. The molecule has 0 radical (unpaired) electrons. The van der Waals surface area contributed by atoms with Gasteiger partial charge >= 0.3 is 0 Å². The standard InChI is InChI=1S/C20H19ClFN3O3/c1-13-16(21)3-2-4-17(13)23-18(26)11-12-20(28)25-24-19(27)10-7-14-5-8-15(22)9-6-14/h2-10H,11-12H2,1H3,(H,23,26)(H,24,27)(H,25,28)/b10-7+. The molecule has 146 valence electrons. The Kier molecular flexibility index (Phi) is 7.71. The van der Waals surface area contributed by atoms with Crippen molar-refractivity contribution < 1.29 is 18.8 Å². The lowest BCUT2D eigenvalue weighted by atomic mass is 10.2. The fourth-order valence-corrected chi connectivity index (χ4v) is 2.34. The maximum atomic E-state index is 12.8. The maximum absolute atomic E-state index is 12.8. The van der Waals surface area contributed by atoms with Crippen LogP contribution in [0.15, 0.2) is 48.5 Å². The van der Waals surface area contributed by atoms with Gasteiger partial charge in [-0.1, -0.05) is 29.8 Å². The first-order valence-corrected chi connectivity index (χ1v) is 8.80. The number of halogens is 2. The molecule has 0 unspecified atom stereocenters. The molecule has 8 heteroatoms. The Morgan fingerprint density at radius 2 is 1.68 bits per heavy atom. The predicted octanol–water partition coefficient (Wildman–Crippen LogP) is 3.37. The third-order valence-corrected chi connectivity index (χ3v) is 4.15. The van der Waals surface area contributed by atoms with E-state index in [-0.39, 0.29) is 24.6 Å². The molecule has 0 spiro atoms. The van der Waals surface area contributed by atoms with Crippen molar-refractivity contribution in [2.45, 2.75) is 19.8 Å². The number of carbonyl (C=O) groups excluding carboxylic acids is 3. The molecule has 0 aromatic heterocycles. The Hall–Kier alpha value is -3.19. The summed E-state index contributed by atoms with van der Waals surface area (Å²) in [6.45, 7) is 1.78. The molecule has 0 atom stereocenters. The van der Waals surface area contributed by atoms with Gasteiger partial charge in [0.2, 0.25) is 11.8 Å². The molecule has 2 aromatic carbocycles. The van der Waals surface area contributed by atoms with E-state index in [0.717, 1.165) is 5.56 Å². The summed E-state index contributed by atoms with van der Waals surface area (Å²) in [5, 5.41) is 3.22. The second-order valence-electron chi connectivity index (χ2n) is 5.88. The van der Waals surface area contributed by atoms with E-state index in [9.17, 15) is 18.8 Å². The SMILES string of the molecule is Cc1c(Cl)cccc1NC(=O)CCC(=O)NNC(=O)/C=C/c1ccc(F)cc1. The summed E-state index contributed by atoms with van der Waals surface area (Å²) < 4.78 is 12.8. The Morgan fingerprint density at radius 1 is 1.00 bits per heavy atom. The van der Waals surface area contributed by atoms with Gasteiger partial charge in [-0.3, -0.25) is 25.2 Å². The number of hydrogen-bond donors (Lipinski definition) is 3. The Balaban J connectivity index is 1.71. The predicted molar refractivity (Wildman–Crippen MR) is 106 cm³/mol. The summed E-state index contributed by atoms with van der Waals surface area (Å²) in [5.74, 6) is -1.79. The molecule has 0 heterocycles. The number of amides is 3. The number of hydrazine groups is 1. The normalized spacial score (nSPS) is 10.5. The van der Waals surface area contributed by atoms with Gasteiger partial charge in [0.1, 0.15) is 5.82 Å². The molecule has 2 rings (SSSR count). The van der Waals surface area contributed by atoms with Crippen LogP contribution >= 0.6 is 11.6 Å². The molecule has 0 saturated carbocycles. The van der Waals surface area contributed by atoms with E-state index in [1.54, 1.807) is 25.1 Å². The van der Waals surface area contributed by atoms with Crippen molar-refractivity contribution in [1.82, 2.24) is 10.9 Å². The lowest BCUT2D eigenvalue weighted by Crippen LogP contribution is -2.41. The van der Waals surface area contributed by atoms with E-state index in [0.29, 0.717) is 16.3 Å². The van der Waals surface area contributed by atoms with E-state index in [2.05, 4.69) is 16.2 Å². The minimum atomic E-state index is -0.559. The van der Waals surface area contributed by atoms with Crippen LogP contribution in [0.4, 0.5) is 10.1 Å². The summed E-state index contributed by atoms with van der Waals surface area (Å²) in [5.41, 5.74) is 6.38. The average Bonchev–Trinajstić information content (AvgIpc) is 2.68. The lowest BCUT2D eigenvalue weighted by molar-refractivity contribution is -0.128. The maximum Gasteiger partial charge on any atom is 0.262 e. The van der Waals surface area contributed by atoms with Crippen LogP contribution in [-0.4, -0.2) is 17.7 Å². The van der Waals surface area contributed by atoms with Crippen molar-refractivity contribution >= 4 is 41.1 Å². The number of rotatable bonds is 6. The molecule has 28 heavy (non-hydrogen) atoms. The fraction of sp³-hybridized carbons (Fsp3) is 0.150. The highest BCUT2D eigenvalue weighted by molar-refractivity contribution is 6.31. The second-order valence-corrected chi connectivity index (χ2v) is 6.29. The van der Waals surface area contributed by atoms with Crippen LogP contribution in [0.2, 0.25) is 5.02 Å². The third kappa shape index (κ3) is 6.85. The Morgan fingerprint density at radius 3 is 2.39 bits per heavy atom. The first-order chi connectivity index (χ1) is 13.3. The quantitative estimate of drug-likeness (QED) is 0.510. The Bertz CT molecular complexity index is 898. The molecule has 0 fully saturated rings. The highest BCUT2D eigenvalue weighted by Crippen LogP contribution is 2.23. The number of nitrogens with one attached hydrogen (secondary N) is 3. The molecular formula is C20H19ClFN3O3. The molecule has 0 saturated heterocycles. The summed E-state index contributed by atoms with van der Waals surface area (Å²) >= 11 is 5.99. The van der Waals surface area contributed by atoms with Crippen LogP contribution in [0.25, 0.3) is 6.08 Å². The number of hydrogen-bond acceptors (Lipinski definition) is 3. The van der Waals surface area contributed by atoms with Crippen LogP contribution < -0.4 is 16.2 Å². The van der Waals surface area contributed by atoms with Gasteiger partial charge in [0.05, 0.1) is 0 Å². The van der Waals surface area contributed by atoms with Crippen molar-refractivity contribution in [2.24, 2.45) is 0 Å². The molecule has 6 nitrogen and oxygen atoms in total. The Labute approximate surface area is 166 Å². The average molecular weight is 404 g/mol. The molecule has 0 aliphatic heterocycles. The molecule has 0 bridgehead atoms. The van der Waals surface area contributed by atoms with E-state index in [1.165, 1.54) is 36.4 Å². The van der Waals surface area contributed by atoms with Crippen molar-refractivity contribution in [3.05, 3.63) is 70.5 Å². The van der Waals surface area contributed by atoms with Gasteiger partial charge in [0, 0.05) is 29.6 Å². The van der Waals surface area contributed by atoms with E-state index in [4.69, 9.17) is 11.6 Å². The monoisotopic (exact) mass is 403 g/mol. The zero-order chi connectivity index (χ0) is 20.5. The van der Waals surface area contributed by atoms with Gasteiger partial charge in [-0.25, -0.2) is 4.39 Å². The molecule has 0 aliphatic carbocycles. The van der Waals surface area contributed by atoms with Gasteiger partial charge in [-0.05, 0) is 48.4 Å². The van der Waals surface area contributed by atoms with Crippen molar-refractivity contribution in [3.63, 3.8) is 0 Å². The van der Waals surface area contributed by atoms with Gasteiger partial charge in [0.15, 0.2) is 0 Å². The highest BCUT2D eigenvalue weighted by Gasteiger charge is 2.10. The van der Waals surface area contributed by atoms with Gasteiger partial charge in [-0.15, -0.1) is 0 Å². The van der Waals surface area contributed by atoms with Gasteiger partial charge in [-0.2, -0.15) is 0 Å². The molecule has 3 N–H and O–H groups in total. The minimum Gasteiger partial charge on any atom is -0.326 e. The van der Waals surface area contributed by atoms with Gasteiger partial charge in [0.25, 0.3) is 5.91 Å². The van der Waals surface area contributed by atoms with Crippen LogP contribution in [0, 0.1) is 12.7 Å².